The molecule has 200 valence electrons. The number of anilines is 2. The number of hydrogen-bond acceptors (Lipinski definition) is 8. The summed E-state index contributed by atoms with van der Waals surface area (Å²) in [4.78, 5) is 16.7. The van der Waals surface area contributed by atoms with Gasteiger partial charge in [-0.25, -0.2) is 9.18 Å². The van der Waals surface area contributed by atoms with Gasteiger partial charge in [0.05, 0.1) is 19.2 Å². The minimum Gasteiger partial charge on any atom is -0.493 e. The van der Waals surface area contributed by atoms with Gasteiger partial charge in [0.25, 0.3) is 0 Å². The van der Waals surface area contributed by atoms with Gasteiger partial charge >= 0.3 is 6.03 Å². The van der Waals surface area contributed by atoms with Gasteiger partial charge < -0.3 is 28.8 Å². The quantitative estimate of drug-likeness (QED) is 0.251. The largest absolute Gasteiger partial charge is 0.493 e. The van der Waals surface area contributed by atoms with Gasteiger partial charge in [-0.1, -0.05) is 25.9 Å². The molecule has 0 unspecified atom stereocenters. The number of aromatic nitrogens is 2. The van der Waals surface area contributed by atoms with E-state index >= 15 is 0 Å². The van der Waals surface area contributed by atoms with Crippen molar-refractivity contribution in [2.45, 2.75) is 26.2 Å². The van der Waals surface area contributed by atoms with Gasteiger partial charge in [-0.05, 0) is 24.3 Å². The molecule has 2 aromatic carbocycles. The first-order valence-corrected chi connectivity index (χ1v) is 11.8. The Kier molecular flexibility index (Phi) is 7.96. The fourth-order valence-corrected chi connectivity index (χ4v) is 3.47. The zero-order valence-corrected chi connectivity index (χ0v) is 21.8. The first kappa shape index (κ1) is 26.7. The maximum Gasteiger partial charge on any atom is 0.324 e. The van der Waals surface area contributed by atoms with Crippen LogP contribution in [0.15, 0.2) is 53.2 Å². The van der Waals surface area contributed by atoms with Crippen LogP contribution in [-0.2, 0) is 10.2 Å². The number of nitrogens with zero attached hydrogens (tertiary/aromatic N) is 2. The van der Waals surface area contributed by atoms with E-state index in [-0.39, 0.29) is 22.7 Å². The highest BCUT2D eigenvalue weighted by Crippen LogP contribution is 2.37. The van der Waals surface area contributed by atoms with E-state index in [1.807, 2.05) is 20.8 Å². The highest BCUT2D eigenvalue weighted by Gasteiger charge is 2.20. The number of methoxy groups -OCH3 is 2. The van der Waals surface area contributed by atoms with Crippen molar-refractivity contribution in [2.75, 3.05) is 38.1 Å². The summed E-state index contributed by atoms with van der Waals surface area (Å²) >= 11 is 0. The number of rotatable bonds is 9. The Morgan fingerprint density at radius 2 is 1.79 bits per heavy atom. The second kappa shape index (κ2) is 11.3. The molecule has 0 spiro atoms. The number of urea groups is 1. The van der Waals surface area contributed by atoms with Gasteiger partial charge in [0.1, 0.15) is 18.1 Å². The SMILES string of the molecule is COCCOc1cc2nccc(Oc3ccc(NC(=O)Nc4cc(C(C)(C)C)on4)cc3F)c2cc1OC. The maximum absolute atomic E-state index is 14.9. The van der Waals surface area contributed by atoms with Crippen LogP contribution in [0.2, 0.25) is 0 Å². The number of ether oxygens (including phenoxy) is 4. The number of nitrogens with one attached hydrogen (secondary N) is 2. The van der Waals surface area contributed by atoms with Crippen LogP contribution in [0.1, 0.15) is 26.5 Å². The molecule has 2 heterocycles. The maximum atomic E-state index is 14.9. The van der Waals surface area contributed by atoms with Gasteiger partial charge in [-0.15, -0.1) is 0 Å². The number of pyridine rings is 1. The number of hydrogen-bond donors (Lipinski definition) is 2. The first-order chi connectivity index (χ1) is 18.2. The van der Waals surface area contributed by atoms with Crippen LogP contribution in [0, 0.1) is 5.82 Å². The van der Waals surface area contributed by atoms with E-state index in [9.17, 15) is 9.18 Å². The highest BCUT2D eigenvalue weighted by molar-refractivity contribution is 5.99. The average molecular weight is 525 g/mol. The number of fused-ring (bicyclic) bond motifs is 1. The van der Waals surface area contributed by atoms with Crippen LogP contribution in [0.4, 0.5) is 20.7 Å². The molecule has 10 nitrogen and oxygen atoms in total. The third kappa shape index (κ3) is 6.30. The van der Waals surface area contributed by atoms with Crippen molar-refractivity contribution in [1.29, 1.82) is 0 Å². The van der Waals surface area contributed by atoms with Gasteiger partial charge in [-0.2, -0.15) is 0 Å². The van der Waals surface area contributed by atoms with E-state index in [0.29, 0.717) is 47.1 Å². The Balaban J connectivity index is 1.48. The van der Waals surface area contributed by atoms with E-state index in [1.165, 1.54) is 19.2 Å². The molecule has 4 rings (SSSR count). The Labute approximate surface area is 219 Å². The number of benzene rings is 2. The summed E-state index contributed by atoms with van der Waals surface area (Å²) in [6.07, 6.45) is 1.55. The standard InChI is InChI=1S/C27H29FN4O6/c1-27(2,3)24-15-25(32-38-24)31-26(33)30-16-6-7-21(18(28)12-16)37-20-8-9-29-19-14-23(36-11-10-34-4)22(35-5)13-17(19)20/h6-9,12-15H,10-11H2,1-5H3,(H2,30,31,32,33). The Morgan fingerprint density at radius 3 is 2.47 bits per heavy atom. The third-order valence-corrected chi connectivity index (χ3v) is 5.43. The summed E-state index contributed by atoms with van der Waals surface area (Å²) in [6.45, 7) is 6.65. The predicted octanol–water partition coefficient (Wildman–Crippen LogP) is 6.13. The van der Waals surface area contributed by atoms with E-state index in [0.717, 1.165) is 6.07 Å². The highest BCUT2D eigenvalue weighted by atomic mass is 19.1. The number of amides is 2. The number of halogens is 1. The molecule has 11 heteroatoms. The van der Waals surface area contributed by atoms with Crippen LogP contribution >= 0.6 is 0 Å². The van der Waals surface area contributed by atoms with Crippen molar-refractivity contribution >= 4 is 28.4 Å². The molecule has 0 bridgehead atoms. The molecule has 2 N–H and O–H groups in total. The van der Waals surface area contributed by atoms with Crippen LogP contribution < -0.4 is 24.8 Å². The number of carbonyl (C=O) groups excluding carboxylic acids is 1. The Bertz CT molecular complexity index is 1430. The van der Waals surface area contributed by atoms with Crippen molar-refractivity contribution < 1.29 is 32.7 Å². The average Bonchev–Trinajstić information content (AvgIpc) is 3.34. The van der Waals surface area contributed by atoms with E-state index in [2.05, 4.69) is 20.8 Å². The van der Waals surface area contributed by atoms with Gasteiger partial charge in [0.2, 0.25) is 0 Å². The summed E-state index contributed by atoms with van der Waals surface area (Å²) in [7, 11) is 3.11. The molecular weight excluding hydrogens is 495 g/mol. The third-order valence-electron chi connectivity index (χ3n) is 5.43. The normalized spacial score (nSPS) is 11.3. The molecular formula is C27H29FN4O6. The fraction of sp³-hybridized carbons (Fsp3) is 0.296. The molecule has 0 fully saturated rings. The lowest BCUT2D eigenvalue weighted by Crippen LogP contribution is -2.19. The van der Waals surface area contributed by atoms with Crippen LogP contribution in [0.25, 0.3) is 10.9 Å². The second-order valence-corrected chi connectivity index (χ2v) is 9.32. The first-order valence-electron chi connectivity index (χ1n) is 11.8. The minimum atomic E-state index is -0.671. The summed E-state index contributed by atoms with van der Waals surface area (Å²) in [6, 6.07) is 10.2. The van der Waals surface area contributed by atoms with Crippen LogP contribution in [0.3, 0.4) is 0 Å². The van der Waals surface area contributed by atoms with Crippen molar-refractivity contribution in [3.8, 4) is 23.0 Å². The van der Waals surface area contributed by atoms with Crippen LogP contribution in [-0.4, -0.2) is 43.6 Å². The van der Waals surface area contributed by atoms with Crippen molar-refractivity contribution in [3.63, 3.8) is 0 Å². The molecule has 0 radical (unpaired) electrons. The predicted molar refractivity (Wildman–Crippen MR) is 140 cm³/mol. The Hall–Kier alpha value is -4.38. The lowest BCUT2D eigenvalue weighted by Gasteiger charge is -2.14. The molecule has 0 saturated carbocycles. The lowest BCUT2D eigenvalue weighted by atomic mass is 9.93. The van der Waals surface area contributed by atoms with Gasteiger partial charge in [-0.3, -0.25) is 10.3 Å². The smallest absolute Gasteiger partial charge is 0.324 e. The van der Waals surface area contributed by atoms with Gasteiger partial charge in [0.15, 0.2) is 28.9 Å². The second-order valence-electron chi connectivity index (χ2n) is 9.32. The molecule has 38 heavy (non-hydrogen) atoms. The van der Waals surface area contributed by atoms with Gasteiger partial charge in [0, 0.05) is 48.0 Å². The van der Waals surface area contributed by atoms with Crippen molar-refractivity contribution in [2.24, 2.45) is 0 Å². The molecule has 4 aromatic rings. The van der Waals surface area contributed by atoms with Crippen molar-refractivity contribution in [3.05, 3.63) is 60.2 Å². The summed E-state index contributed by atoms with van der Waals surface area (Å²) in [5.41, 5.74) is 0.549. The zero-order chi connectivity index (χ0) is 27.3. The zero-order valence-electron chi connectivity index (χ0n) is 21.8. The number of carbonyl (C=O) groups is 1. The molecule has 0 aliphatic carbocycles. The van der Waals surface area contributed by atoms with E-state index < -0.39 is 11.8 Å². The van der Waals surface area contributed by atoms with Crippen molar-refractivity contribution in [1.82, 2.24) is 10.1 Å². The molecule has 2 amide bonds. The fourth-order valence-electron chi connectivity index (χ4n) is 3.47. The Morgan fingerprint density at radius 1 is 0.974 bits per heavy atom. The minimum absolute atomic E-state index is 0.0332. The molecule has 0 aliphatic rings. The molecule has 0 atom stereocenters. The van der Waals surface area contributed by atoms with E-state index in [1.54, 1.807) is 37.6 Å². The molecule has 2 aromatic heterocycles. The lowest BCUT2D eigenvalue weighted by molar-refractivity contribution is 0.144. The summed E-state index contributed by atoms with van der Waals surface area (Å²) in [5, 5.41) is 9.57. The molecule has 0 aliphatic heterocycles. The topological polar surface area (TPSA) is 117 Å². The summed E-state index contributed by atoms with van der Waals surface area (Å²) < 4.78 is 42.2. The van der Waals surface area contributed by atoms with Crippen LogP contribution in [0.5, 0.6) is 23.0 Å². The summed E-state index contributed by atoms with van der Waals surface area (Å²) in [5.74, 6) is 1.51. The molecule has 0 saturated heterocycles. The van der Waals surface area contributed by atoms with E-state index in [4.69, 9.17) is 23.5 Å². The monoisotopic (exact) mass is 524 g/mol.